The van der Waals surface area contributed by atoms with Crippen molar-refractivity contribution < 1.29 is 18.3 Å². The van der Waals surface area contributed by atoms with Gasteiger partial charge in [-0.15, -0.1) is 0 Å². The number of rotatable bonds is 7. The van der Waals surface area contributed by atoms with Crippen LogP contribution in [0.4, 0.5) is 8.78 Å². The molecule has 0 aliphatic carbocycles. The summed E-state index contributed by atoms with van der Waals surface area (Å²) >= 11 is 16.9. The molecule has 0 aliphatic heterocycles. The van der Waals surface area contributed by atoms with Gasteiger partial charge in [-0.2, -0.15) is 14.9 Å². The molecule has 0 amide bonds. The number of halogens is 4. The molecule has 3 aromatic rings. The Hall–Kier alpha value is -2.49. The lowest BCUT2D eigenvalue weighted by Gasteiger charge is -2.12. The summed E-state index contributed by atoms with van der Waals surface area (Å²) in [4.78, 5) is 0. The Morgan fingerprint density at radius 3 is 2.69 bits per heavy atom. The lowest BCUT2D eigenvalue weighted by atomic mass is 10.1. The van der Waals surface area contributed by atoms with E-state index < -0.39 is 12.2 Å². The van der Waals surface area contributed by atoms with E-state index in [1.165, 1.54) is 13.3 Å². The SMILES string of the molecule is COc1ccc(/C=N\n2c(C(F)F)n[nH]c2=S)cc1COc1ccc(Cl)cc1Cl. The number of nitrogens with zero attached hydrogens (tertiary/aromatic N) is 3. The van der Waals surface area contributed by atoms with E-state index in [-0.39, 0.29) is 11.4 Å². The van der Waals surface area contributed by atoms with Gasteiger partial charge in [0.25, 0.3) is 6.43 Å². The van der Waals surface area contributed by atoms with Gasteiger partial charge in [0.15, 0.2) is 0 Å². The topological polar surface area (TPSA) is 64.4 Å². The fourth-order valence-electron chi connectivity index (χ4n) is 2.42. The highest BCUT2D eigenvalue weighted by Gasteiger charge is 2.16. The number of H-pyrrole nitrogens is 1. The normalized spacial score (nSPS) is 11.4. The number of nitrogens with one attached hydrogen (secondary N) is 1. The Balaban J connectivity index is 1.83. The molecular formula is C18H14Cl2F2N4O2S. The van der Waals surface area contributed by atoms with Crippen molar-refractivity contribution in [2.75, 3.05) is 7.11 Å². The lowest BCUT2D eigenvalue weighted by molar-refractivity contribution is 0.136. The van der Waals surface area contributed by atoms with Crippen LogP contribution in [0.5, 0.6) is 11.5 Å². The van der Waals surface area contributed by atoms with Gasteiger partial charge in [-0.25, -0.2) is 13.9 Å². The van der Waals surface area contributed by atoms with Crippen molar-refractivity contribution >= 4 is 41.6 Å². The van der Waals surface area contributed by atoms with Gasteiger partial charge >= 0.3 is 0 Å². The highest BCUT2D eigenvalue weighted by molar-refractivity contribution is 7.71. The number of benzene rings is 2. The zero-order chi connectivity index (χ0) is 21.0. The van der Waals surface area contributed by atoms with Crippen LogP contribution in [0.2, 0.25) is 10.0 Å². The first-order valence-corrected chi connectivity index (χ1v) is 9.30. The van der Waals surface area contributed by atoms with Crippen molar-refractivity contribution in [2.24, 2.45) is 5.10 Å². The van der Waals surface area contributed by atoms with E-state index in [2.05, 4.69) is 15.3 Å². The smallest absolute Gasteiger partial charge is 0.299 e. The van der Waals surface area contributed by atoms with Crippen molar-refractivity contribution in [3.63, 3.8) is 0 Å². The molecule has 0 saturated carbocycles. The summed E-state index contributed by atoms with van der Waals surface area (Å²) in [5.41, 5.74) is 1.32. The highest BCUT2D eigenvalue weighted by atomic mass is 35.5. The Labute approximate surface area is 179 Å². The number of aromatic amines is 1. The predicted molar refractivity (Wildman–Crippen MR) is 109 cm³/mol. The van der Waals surface area contributed by atoms with E-state index in [9.17, 15) is 8.78 Å². The summed E-state index contributed by atoms with van der Waals surface area (Å²) in [5, 5.41) is 10.6. The maximum atomic E-state index is 13.0. The molecule has 6 nitrogen and oxygen atoms in total. The Bertz CT molecular complexity index is 1100. The number of methoxy groups -OCH3 is 1. The fraction of sp³-hybridized carbons (Fsp3) is 0.167. The van der Waals surface area contributed by atoms with E-state index >= 15 is 0 Å². The van der Waals surface area contributed by atoms with Crippen LogP contribution >= 0.6 is 35.4 Å². The summed E-state index contributed by atoms with van der Waals surface area (Å²) in [6, 6.07) is 10.1. The monoisotopic (exact) mass is 458 g/mol. The van der Waals surface area contributed by atoms with Crippen LogP contribution in [-0.2, 0) is 6.61 Å². The van der Waals surface area contributed by atoms with Crippen LogP contribution in [-0.4, -0.2) is 28.2 Å². The Kier molecular flexibility index (Phi) is 6.83. The Morgan fingerprint density at radius 1 is 1.24 bits per heavy atom. The van der Waals surface area contributed by atoms with Gasteiger partial charge in [0.2, 0.25) is 10.6 Å². The van der Waals surface area contributed by atoms with Crippen LogP contribution in [0.25, 0.3) is 0 Å². The fourth-order valence-corrected chi connectivity index (χ4v) is 3.07. The number of alkyl halides is 2. The second-order valence-electron chi connectivity index (χ2n) is 5.68. The van der Waals surface area contributed by atoms with Gasteiger partial charge < -0.3 is 9.47 Å². The zero-order valence-corrected chi connectivity index (χ0v) is 17.2. The minimum Gasteiger partial charge on any atom is -0.496 e. The molecular weight excluding hydrogens is 445 g/mol. The first kappa shape index (κ1) is 21.2. The van der Waals surface area contributed by atoms with Crippen LogP contribution < -0.4 is 9.47 Å². The van der Waals surface area contributed by atoms with Gasteiger partial charge in [0.05, 0.1) is 18.3 Å². The third kappa shape index (κ3) is 5.11. The molecule has 1 N–H and O–H groups in total. The van der Waals surface area contributed by atoms with Crippen molar-refractivity contribution in [3.8, 4) is 11.5 Å². The molecule has 2 aromatic carbocycles. The quantitative estimate of drug-likeness (QED) is 0.366. The Morgan fingerprint density at radius 2 is 2.00 bits per heavy atom. The summed E-state index contributed by atoms with van der Waals surface area (Å²) in [5.74, 6) is 0.476. The van der Waals surface area contributed by atoms with Gasteiger partial charge in [0, 0.05) is 10.6 Å². The molecule has 0 unspecified atom stereocenters. The van der Waals surface area contributed by atoms with E-state index in [4.69, 9.17) is 44.9 Å². The van der Waals surface area contributed by atoms with Crippen molar-refractivity contribution in [2.45, 2.75) is 13.0 Å². The van der Waals surface area contributed by atoms with Crippen molar-refractivity contribution in [3.05, 3.63) is 68.2 Å². The van der Waals surface area contributed by atoms with E-state index in [1.807, 2.05) is 0 Å². The first-order valence-electron chi connectivity index (χ1n) is 8.13. The van der Waals surface area contributed by atoms with Crippen LogP contribution in [0.1, 0.15) is 23.4 Å². The van der Waals surface area contributed by atoms with Gasteiger partial charge in [-0.1, -0.05) is 23.2 Å². The predicted octanol–water partition coefficient (Wildman–Crippen LogP) is 5.65. The molecule has 0 aliphatic rings. The molecule has 1 aromatic heterocycles. The summed E-state index contributed by atoms with van der Waals surface area (Å²) in [6.45, 7) is 0.152. The van der Waals surface area contributed by atoms with E-state index in [0.717, 1.165) is 4.68 Å². The van der Waals surface area contributed by atoms with Crippen molar-refractivity contribution in [1.29, 1.82) is 0 Å². The lowest BCUT2D eigenvalue weighted by Crippen LogP contribution is -2.02. The molecule has 1 heterocycles. The average molecular weight is 459 g/mol. The molecule has 0 radical (unpaired) electrons. The van der Waals surface area contributed by atoms with Gasteiger partial charge in [0.1, 0.15) is 18.1 Å². The molecule has 29 heavy (non-hydrogen) atoms. The largest absolute Gasteiger partial charge is 0.496 e. The van der Waals surface area contributed by atoms with E-state index in [0.29, 0.717) is 32.7 Å². The molecule has 0 spiro atoms. The first-order chi connectivity index (χ1) is 13.9. The average Bonchev–Trinajstić information content (AvgIpc) is 3.06. The number of hydrogen-bond acceptors (Lipinski definition) is 5. The molecule has 11 heteroatoms. The maximum Gasteiger partial charge on any atom is 0.299 e. The molecule has 0 fully saturated rings. The molecule has 152 valence electrons. The summed E-state index contributed by atoms with van der Waals surface area (Å²) < 4.78 is 37.9. The van der Waals surface area contributed by atoms with E-state index in [1.54, 1.807) is 36.4 Å². The summed E-state index contributed by atoms with van der Waals surface area (Å²) in [6.07, 6.45) is -1.43. The van der Waals surface area contributed by atoms with Crippen LogP contribution in [0.3, 0.4) is 0 Å². The zero-order valence-electron chi connectivity index (χ0n) is 14.9. The molecule has 0 bridgehead atoms. The summed E-state index contributed by atoms with van der Waals surface area (Å²) in [7, 11) is 1.53. The number of hydrogen-bond donors (Lipinski definition) is 1. The minimum absolute atomic E-state index is 0.0361. The van der Waals surface area contributed by atoms with Gasteiger partial charge in [-0.05, 0) is 54.2 Å². The highest BCUT2D eigenvalue weighted by Crippen LogP contribution is 2.29. The van der Waals surface area contributed by atoms with Gasteiger partial charge in [-0.3, -0.25) is 0 Å². The minimum atomic E-state index is -2.82. The van der Waals surface area contributed by atoms with Crippen LogP contribution in [0, 0.1) is 4.77 Å². The molecule has 3 rings (SSSR count). The maximum absolute atomic E-state index is 13.0. The molecule has 0 atom stereocenters. The number of ether oxygens (including phenoxy) is 2. The number of aromatic nitrogens is 3. The molecule has 0 saturated heterocycles. The van der Waals surface area contributed by atoms with Crippen LogP contribution in [0.15, 0.2) is 41.5 Å². The third-order valence-corrected chi connectivity index (χ3v) is 4.57. The van der Waals surface area contributed by atoms with Crippen molar-refractivity contribution in [1.82, 2.24) is 14.9 Å². The standard InChI is InChI=1S/C18H14Cl2F2N4O2S/c1-27-14-4-2-10(8-23-26-17(16(21)22)24-25-18(26)29)6-11(14)9-28-15-5-3-12(19)7-13(15)20/h2-8,16H,9H2,1H3,(H,25,29)/b23-8-. The second kappa shape index (κ2) is 9.34. The second-order valence-corrected chi connectivity index (χ2v) is 6.91. The third-order valence-electron chi connectivity index (χ3n) is 3.77.